The molecule has 0 aliphatic carbocycles. The van der Waals surface area contributed by atoms with Gasteiger partial charge in [-0.15, -0.1) is 0 Å². The Morgan fingerprint density at radius 2 is 2.06 bits per heavy atom. The van der Waals surface area contributed by atoms with Crippen molar-refractivity contribution in [2.45, 2.75) is 38.2 Å². The third-order valence-corrected chi connectivity index (χ3v) is 3.66. The lowest BCUT2D eigenvalue weighted by Gasteiger charge is -2.27. The molecule has 1 aliphatic heterocycles. The Kier molecular flexibility index (Phi) is 3.71. The van der Waals surface area contributed by atoms with Gasteiger partial charge >= 0.3 is 0 Å². The molecule has 0 spiro atoms. The molecular formula is C15H21NO2. The third kappa shape index (κ3) is 2.91. The quantitative estimate of drug-likeness (QED) is 0.887. The van der Waals surface area contributed by atoms with E-state index in [1.165, 1.54) is 5.56 Å². The van der Waals surface area contributed by atoms with E-state index in [1.807, 2.05) is 18.2 Å². The van der Waals surface area contributed by atoms with Gasteiger partial charge in [-0.3, -0.25) is 4.79 Å². The molecule has 1 heterocycles. The number of aliphatic hydroxyl groups excluding tert-OH is 1. The summed E-state index contributed by atoms with van der Waals surface area (Å²) in [5.41, 5.74) is 1.02. The molecule has 0 unspecified atom stereocenters. The van der Waals surface area contributed by atoms with Crippen LogP contribution in [0.25, 0.3) is 0 Å². The average molecular weight is 247 g/mol. The predicted octanol–water partition coefficient (Wildman–Crippen LogP) is 1.95. The molecule has 0 bridgehead atoms. The minimum atomic E-state index is -0.339. The van der Waals surface area contributed by atoms with Crippen molar-refractivity contribution in [2.75, 3.05) is 13.1 Å². The lowest BCUT2D eigenvalue weighted by molar-refractivity contribution is -0.131. The van der Waals surface area contributed by atoms with E-state index < -0.39 is 0 Å². The zero-order valence-electron chi connectivity index (χ0n) is 11.1. The summed E-state index contributed by atoms with van der Waals surface area (Å²) in [4.78, 5) is 14.0. The maximum atomic E-state index is 12.2. The van der Waals surface area contributed by atoms with Crippen LogP contribution in [0.1, 0.15) is 32.3 Å². The number of rotatable bonds is 3. The van der Waals surface area contributed by atoms with Gasteiger partial charge in [0.1, 0.15) is 0 Å². The standard InChI is InChI=1S/C15H21NO2/c1-15(2,12-6-4-3-5-7-12)10-14(18)16-9-8-13(17)11-16/h3-7,13,17H,8-11H2,1-2H3/t13-/m0/s1. The van der Waals surface area contributed by atoms with Crippen LogP contribution in [-0.4, -0.2) is 35.1 Å². The molecule has 98 valence electrons. The number of aliphatic hydroxyl groups is 1. The molecule has 0 aromatic heterocycles. The summed E-state index contributed by atoms with van der Waals surface area (Å²) in [5.74, 6) is 0.139. The summed E-state index contributed by atoms with van der Waals surface area (Å²) in [7, 11) is 0. The van der Waals surface area contributed by atoms with Crippen molar-refractivity contribution in [3.63, 3.8) is 0 Å². The Labute approximate surface area is 108 Å². The van der Waals surface area contributed by atoms with Crippen molar-refractivity contribution in [1.29, 1.82) is 0 Å². The second kappa shape index (κ2) is 5.11. The van der Waals surface area contributed by atoms with Gasteiger partial charge in [-0.05, 0) is 17.4 Å². The number of likely N-dealkylation sites (tertiary alicyclic amines) is 1. The zero-order valence-corrected chi connectivity index (χ0v) is 11.1. The van der Waals surface area contributed by atoms with Gasteiger partial charge < -0.3 is 10.0 Å². The molecule has 1 saturated heterocycles. The van der Waals surface area contributed by atoms with E-state index >= 15 is 0 Å². The van der Waals surface area contributed by atoms with Gasteiger partial charge in [0.05, 0.1) is 6.10 Å². The van der Waals surface area contributed by atoms with E-state index in [4.69, 9.17) is 0 Å². The Morgan fingerprint density at radius 3 is 2.61 bits per heavy atom. The summed E-state index contributed by atoms with van der Waals surface area (Å²) < 4.78 is 0. The van der Waals surface area contributed by atoms with Gasteiger partial charge in [0.15, 0.2) is 0 Å². The summed E-state index contributed by atoms with van der Waals surface area (Å²) in [6.45, 7) is 5.36. The fourth-order valence-electron chi connectivity index (χ4n) is 2.45. The topological polar surface area (TPSA) is 40.5 Å². The Bertz CT molecular complexity index is 414. The van der Waals surface area contributed by atoms with Crippen LogP contribution in [0.15, 0.2) is 30.3 Å². The first-order chi connectivity index (χ1) is 8.49. The highest BCUT2D eigenvalue weighted by Gasteiger charge is 2.30. The molecule has 1 aliphatic rings. The number of nitrogens with zero attached hydrogens (tertiary/aromatic N) is 1. The van der Waals surface area contributed by atoms with Gasteiger partial charge in [-0.1, -0.05) is 44.2 Å². The number of hydrogen-bond donors (Lipinski definition) is 1. The van der Waals surface area contributed by atoms with E-state index in [9.17, 15) is 9.90 Å². The van der Waals surface area contributed by atoms with E-state index in [2.05, 4.69) is 26.0 Å². The van der Waals surface area contributed by atoms with Crippen molar-refractivity contribution in [3.8, 4) is 0 Å². The first-order valence-electron chi connectivity index (χ1n) is 6.50. The second-order valence-electron chi connectivity index (χ2n) is 5.71. The minimum absolute atomic E-state index is 0.139. The highest BCUT2D eigenvalue weighted by Crippen LogP contribution is 2.28. The first kappa shape index (κ1) is 13.1. The maximum Gasteiger partial charge on any atom is 0.223 e. The lowest BCUT2D eigenvalue weighted by Crippen LogP contribution is -2.34. The van der Waals surface area contributed by atoms with Crippen molar-refractivity contribution in [2.24, 2.45) is 0 Å². The van der Waals surface area contributed by atoms with Gasteiger partial charge in [-0.2, -0.15) is 0 Å². The third-order valence-electron chi connectivity index (χ3n) is 3.66. The van der Waals surface area contributed by atoms with Crippen LogP contribution < -0.4 is 0 Å². The smallest absolute Gasteiger partial charge is 0.223 e. The second-order valence-corrected chi connectivity index (χ2v) is 5.71. The number of carbonyl (C=O) groups excluding carboxylic acids is 1. The molecule has 0 radical (unpaired) electrons. The zero-order chi connectivity index (χ0) is 13.2. The van der Waals surface area contributed by atoms with Crippen molar-refractivity contribution in [1.82, 2.24) is 4.90 Å². The minimum Gasteiger partial charge on any atom is -0.391 e. The predicted molar refractivity (Wildman–Crippen MR) is 71.3 cm³/mol. The molecule has 1 aromatic carbocycles. The van der Waals surface area contributed by atoms with Crippen LogP contribution in [0, 0.1) is 0 Å². The van der Waals surface area contributed by atoms with E-state index in [0.29, 0.717) is 25.9 Å². The normalized spacial score (nSPS) is 20.2. The highest BCUT2D eigenvalue weighted by atomic mass is 16.3. The van der Waals surface area contributed by atoms with Gasteiger partial charge in [0.2, 0.25) is 5.91 Å². The summed E-state index contributed by atoms with van der Waals surface area (Å²) in [6, 6.07) is 10.1. The molecule has 1 atom stereocenters. The Hall–Kier alpha value is -1.35. The number of amides is 1. The number of benzene rings is 1. The van der Waals surface area contributed by atoms with Crippen LogP contribution >= 0.6 is 0 Å². The molecule has 1 N–H and O–H groups in total. The van der Waals surface area contributed by atoms with E-state index in [1.54, 1.807) is 4.90 Å². The molecule has 0 saturated carbocycles. The van der Waals surface area contributed by atoms with Crippen LogP contribution in [0.5, 0.6) is 0 Å². The van der Waals surface area contributed by atoms with Crippen LogP contribution in [0.3, 0.4) is 0 Å². The Balaban J connectivity index is 2.02. The lowest BCUT2D eigenvalue weighted by atomic mass is 9.81. The molecule has 2 rings (SSSR count). The molecule has 1 fully saturated rings. The first-order valence-corrected chi connectivity index (χ1v) is 6.50. The van der Waals surface area contributed by atoms with Crippen LogP contribution in [0.2, 0.25) is 0 Å². The van der Waals surface area contributed by atoms with Crippen LogP contribution in [-0.2, 0) is 10.2 Å². The monoisotopic (exact) mass is 247 g/mol. The molecular weight excluding hydrogens is 226 g/mol. The van der Waals surface area contributed by atoms with E-state index in [0.717, 1.165) is 0 Å². The molecule has 3 heteroatoms. The average Bonchev–Trinajstić information content (AvgIpc) is 2.77. The number of β-amino-alcohol motifs (C(OH)–C–C–N with tert-alkyl or cyclic N) is 1. The van der Waals surface area contributed by atoms with Gasteiger partial charge in [0, 0.05) is 19.5 Å². The fraction of sp³-hybridized carbons (Fsp3) is 0.533. The van der Waals surface area contributed by atoms with Gasteiger partial charge in [-0.25, -0.2) is 0 Å². The van der Waals surface area contributed by atoms with Crippen LogP contribution in [0.4, 0.5) is 0 Å². The molecule has 3 nitrogen and oxygen atoms in total. The van der Waals surface area contributed by atoms with Crippen molar-refractivity contribution in [3.05, 3.63) is 35.9 Å². The molecule has 18 heavy (non-hydrogen) atoms. The molecule has 1 aromatic rings. The number of hydrogen-bond acceptors (Lipinski definition) is 2. The largest absolute Gasteiger partial charge is 0.391 e. The number of carbonyl (C=O) groups is 1. The highest BCUT2D eigenvalue weighted by molar-refractivity contribution is 5.78. The summed E-state index contributed by atoms with van der Waals surface area (Å²) in [5, 5.41) is 9.47. The Morgan fingerprint density at radius 1 is 1.39 bits per heavy atom. The maximum absolute atomic E-state index is 12.2. The summed E-state index contributed by atoms with van der Waals surface area (Å²) >= 11 is 0. The van der Waals surface area contributed by atoms with Crippen molar-refractivity contribution < 1.29 is 9.90 Å². The SMILES string of the molecule is CC(C)(CC(=O)N1CC[C@H](O)C1)c1ccccc1. The van der Waals surface area contributed by atoms with E-state index in [-0.39, 0.29) is 17.4 Å². The van der Waals surface area contributed by atoms with Crippen molar-refractivity contribution >= 4 is 5.91 Å². The summed E-state index contributed by atoms with van der Waals surface area (Å²) in [6.07, 6.45) is 0.857. The van der Waals surface area contributed by atoms with Gasteiger partial charge in [0.25, 0.3) is 0 Å². The molecule has 1 amide bonds. The fourth-order valence-corrected chi connectivity index (χ4v) is 2.45.